The lowest BCUT2D eigenvalue weighted by Gasteiger charge is -2.32. The summed E-state index contributed by atoms with van der Waals surface area (Å²) in [6.07, 6.45) is 2.95. The molecular formula is C16H22N2O4S. The normalized spacial score (nSPS) is 17.7. The Morgan fingerprint density at radius 2 is 2.17 bits per heavy atom. The van der Waals surface area contributed by atoms with Gasteiger partial charge in [0.2, 0.25) is 5.91 Å². The number of likely N-dealkylation sites (tertiary alicyclic amines) is 1. The molecule has 2 amide bonds. The van der Waals surface area contributed by atoms with Crippen LogP contribution in [0.5, 0.6) is 0 Å². The number of piperidine rings is 1. The zero-order chi connectivity index (χ0) is 16.7. The number of nitrogens with one attached hydrogen (secondary N) is 1. The second-order valence-corrected chi connectivity index (χ2v) is 6.71. The zero-order valence-electron chi connectivity index (χ0n) is 13.0. The van der Waals surface area contributed by atoms with E-state index < -0.39 is 5.97 Å². The first kappa shape index (κ1) is 17.5. The van der Waals surface area contributed by atoms with Crippen LogP contribution in [0, 0.1) is 5.92 Å². The van der Waals surface area contributed by atoms with E-state index in [1.54, 1.807) is 11.0 Å². The highest BCUT2D eigenvalue weighted by molar-refractivity contribution is 7.12. The van der Waals surface area contributed by atoms with Crippen LogP contribution < -0.4 is 5.32 Å². The first-order chi connectivity index (χ1) is 11.1. The molecule has 0 aromatic carbocycles. The Morgan fingerprint density at radius 3 is 2.87 bits per heavy atom. The van der Waals surface area contributed by atoms with E-state index in [1.807, 2.05) is 11.4 Å². The number of hydrogen-bond donors (Lipinski definition) is 2. The van der Waals surface area contributed by atoms with Crippen molar-refractivity contribution in [3.8, 4) is 0 Å². The van der Waals surface area contributed by atoms with Crippen LogP contribution >= 0.6 is 11.3 Å². The van der Waals surface area contributed by atoms with Crippen LogP contribution in [0.3, 0.4) is 0 Å². The number of rotatable bonds is 7. The standard InChI is InChI=1S/C16H22N2O4S/c19-14(7-8-17-16(22)13-4-2-10-23-13)18-9-1-3-12(11-18)5-6-15(20)21/h2,4,10,12H,1,3,5-9,11H2,(H,17,22)(H,20,21). The van der Waals surface area contributed by atoms with E-state index in [2.05, 4.69) is 5.32 Å². The number of carboxylic acids is 1. The van der Waals surface area contributed by atoms with Gasteiger partial charge in [0.15, 0.2) is 0 Å². The summed E-state index contributed by atoms with van der Waals surface area (Å²) in [4.78, 5) is 37.1. The summed E-state index contributed by atoms with van der Waals surface area (Å²) < 4.78 is 0. The highest BCUT2D eigenvalue weighted by Gasteiger charge is 2.23. The molecule has 0 spiro atoms. The van der Waals surface area contributed by atoms with Gasteiger partial charge in [0.05, 0.1) is 4.88 Å². The molecule has 0 saturated carbocycles. The zero-order valence-corrected chi connectivity index (χ0v) is 13.8. The minimum atomic E-state index is -0.787. The van der Waals surface area contributed by atoms with Gasteiger partial charge in [-0.05, 0) is 36.6 Å². The summed E-state index contributed by atoms with van der Waals surface area (Å²) in [5, 5.41) is 13.3. The average molecular weight is 338 g/mol. The van der Waals surface area contributed by atoms with Gasteiger partial charge < -0.3 is 15.3 Å². The van der Waals surface area contributed by atoms with E-state index in [1.165, 1.54) is 11.3 Å². The Kier molecular flexibility index (Phi) is 6.58. The molecule has 1 aromatic rings. The van der Waals surface area contributed by atoms with E-state index in [0.717, 1.165) is 19.4 Å². The second kappa shape index (κ2) is 8.67. The first-order valence-corrected chi connectivity index (χ1v) is 8.75. The lowest BCUT2D eigenvalue weighted by molar-refractivity contribution is -0.137. The topological polar surface area (TPSA) is 86.7 Å². The molecule has 7 heteroatoms. The largest absolute Gasteiger partial charge is 0.481 e. The van der Waals surface area contributed by atoms with Crippen LogP contribution in [0.1, 0.15) is 41.8 Å². The number of carboxylic acid groups (broad SMARTS) is 1. The van der Waals surface area contributed by atoms with Crippen molar-refractivity contribution in [1.29, 1.82) is 0 Å². The van der Waals surface area contributed by atoms with Gasteiger partial charge in [-0.15, -0.1) is 11.3 Å². The summed E-state index contributed by atoms with van der Waals surface area (Å²) in [7, 11) is 0. The molecule has 1 aliphatic heterocycles. The van der Waals surface area contributed by atoms with E-state index in [-0.39, 0.29) is 30.6 Å². The van der Waals surface area contributed by atoms with Crippen molar-refractivity contribution >= 4 is 29.1 Å². The SMILES string of the molecule is O=C(O)CCC1CCCN(C(=O)CCNC(=O)c2cccs2)C1. The Bertz CT molecular complexity index is 544. The van der Waals surface area contributed by atoms with Crippen molar-refractivity contribution in [3.63, 3.8) is 0 Å². The predicted molar refractivity (Wildman–Crippen MR) is 87.4 cm³/mol. The van der Waals surface area contributed by atoms with Crippen molar-refractivity contribution < 1.29 is 19.5 Å². The van der Waals surface area contributed by atoms with Crippen molar-refractivity contribution in [1.82, 2.24) is 10.2 Å². The number of amides is 2. The monoisotopic (exact) mass is 338 g/mol. The lowest BCUT2D eigenvalue weighted by Crippen LogP contribution is -2.41. The lowest BCUT2D eigenvalue weighted by atomic mass is 9.93. The average Bonchev–Trinajstić information content (AvgIpc) is 3.07. The molecule has 1 saturated heterocycles. The first-order valence-electron chi connectivity index (χ1n) is 7.87. The third kappa shape index (κ3) is 5.67. The van der Waals surface area contributed by atoms with Gasteiger partial charge in [-0.2, -0.15) is 0 Å². The molecular weight excluding hydrogens is 316 g/mol. The van der Waals surface area contributed by atoms with Crippen molar-refractivity contribution in [2.24, 2.45) is 5.92 Å². The molecule has 1 fully saturated rings. The fourth-order valence-corrected chi connectivity index (χ4v) is 3.43. The fourth-order valence-electron chi connectivity index (χ4n) is 2.79. The van der Waals surface area contributed by atoms with Crippen LogP contribution in [0.2, 0.25) is 0 Å². The Labute approximate surface area is 139 Å². The van der Waals surface area contributed by atoms with Crippen LogP contribution in [-0.2, 0) is 9.59 Å². The summed E-state index contributed by atoms with van der Waals surface area (Å²) in [5.41, 5.74) is 0. The number of thiophene rings is 1. The highest BCUT2D eigenvalue weighted by atomic mass is 32.1. The summed E-state index contributed by atoms with van der Waals surface area (Å²) in [6, 6.07) is 3.56. The maximum absolute atomic E-state index is 12.2. The maximum Gasteiger partial charge on any atom is 0.303 e. The third-order valence-electron chi connectivity index (χ3n) is 4.01. The number of aliphatic carboxylic acids is 1. The molecule has 1 atom stereocenters. The summed E-state index contributed by atoms with van der Waals surface area (Å²) >= 11 is 1.37. The van der Waals surface area contributed by atoms with Crippen molar-refractivity contribution in [2.75, 3.05) is 19.6 Å². The predicted octanol–water partition coefficient (Wildman–Crippen LogP) is 1.97. The van der Waals surface area contributed by atoms with Gasteiger partial charge in [-0.25, -0.2) is 0 Å². The minimum Gasteiger partial charge on any atom is -0.481 e. The number of carbonyl (C=O) groups excluding carboxylic acids is 2. The minimum absolute atomic E-state index is 0.0245. The van der Waals surface area contributed by atoms with Crippen molar-refractivity contribution in [3.05, 3.63) is 22.4 Å². The van der Waals surface area contributed by atoms with E-state index in [9.17, 15) is 14.4 Å². The Balaban J connectivity index is 1.70. The Morgan fingerprint density at radius 1 is 1.35 bits per heavy atom. The van der Waals surface area contributed by atoms with Gasteiger partial charge >= 0.3 is 5.97 Å². The third-order valence-corrected chi connectivity index (χ3v) is 4.88. The van der Waals surface area contributed by atoms with Crippen LogP contribution in [-0.4, -0.2) is 47.4 Å². The van der Waals surface area contributed by atoms with Crippen molar-refractivity contribution in [2.45, 2.75) is 32.1 Å². The maximum atomic E-state index is 12.2. The summed E-state index contributed by atoms with van der Waals surface area (Å²) in [6.45, 7) is 1.68. The molecule has 1 unspecified atom stereocenters. The van der Waals surface area contributed by atoms with Gasteiger partial charge in [0.25, 0.3) is 5.91 Å². The van der Waals surface area contributed by atoms with Crippen LogP contribution in [0.4, 0.5) is 0 Å². The summed E-state index contributed by atoms with van der Waals surface area (Å²) in [5.74, 6) is -0.642. The molecule has 0 radical (unpaired) electrons. The van der Waals surface area contributed by atoms with Gasteiger partial charge in [-0.3, -0.25) is 14.4 Å². The molecule has 0 bridgehead atoms. The highest BCUT2D eigenvalue weighted by Crippen LogP contribution is 2.21. The number of hydrogen-bond acceptors (Lipinski definition) is 4. The smallest absolute Gasteiger partial charge is 0.303 e. The molecule has 0 aliphatic carbocycles. The molecule has 6 nitrogen and oxygen atoms in total. The van der Waals surface area contributed by atoms with Crippen LogP contribution in [0.25, 0.3) is 0 Å². The molecule has 1 aromatic heterocycles. The quantitative estimate of drug-likeness (QED) is 0.796. The number of carbonyl (C=O) groups is 3. The van der Waals surface area contributed by atoms with E-state index in [4.69, 9.17) is 5.11 Å². The molecule has 23 heavy (non-hydrogen) atoms. The molecule has 1 aliphatic rings. The molecule has 2 rings (SSSR count). The van der Waals surface area contributed by atoms with Gasteiger partial charge in [0.1, 0.15) is 0 Å². The molecule has 126 valence electrons. The fraction of sp³-hybridized carbons (Fsp3) is 0.562. The van der Waals surface area contributed by atoms with Gasteiger partial charge in [0, 0.05) is 32.5 Å². The number of nitrogens with zero attached hydrogens (tertiary/aromatic N) is 1. The van der Waals surface area contributed by atoms with E-state index in [0.29, 0.717) is 24.4 Å². The second-order valence-electron chi connectivity index (χ2n) is 5.76. The Hall–Kier alpha value is -1.89. The van der Waals surface area contributed by atoms with Gasteiger partial charge in [-0.1, -0.05) is 6.07 Å². The van der Waals surface area contributed by atoms with Crippen LogP contribution in [0.15, 0.2) is 17.5 Å². The molecule has 2 N–H and O–H groups in total. The van der Waals surface area contributed by atoms with E-state index >= 15 is 0 Å². The molecule has 2 heterocycles.